The number of hydrogen-bond acceptors (Lipinski definition) is 2. The van der Waals surface area contributed by atoms with Gasteiger partial charge in [-0.15, -0.1) is 0 Å². The fourth-order valence-electron chi connectivity index (χ4n) is 2.90. The van der Waals surface area contributed by atoms with Gasteiger partial charge in [0.15, 0.2) is 5.65 Å². The van der Waals surface area contributed by atoms with E-state index in [1.807, 2.05) is 32.0 Å². The van der Waals surface area contributed by atoms with Crippen LogP contribution in [0.3, 0.4) is 0 Å². The summed E-state index contributed by atoms with van der Waals surface area (Å²) in [6.07, 6.45) is -1.53. The standard InChI is InChI=1S/C19H17ClF3N3O/c1-3-12-6-4-5-11(2)17(12)25-16(27)8-14-10-26-9-13(19(21,22)23)7-15(20)18(26)24-14/h4-7,9-10H,3,8H2,1-2H3,(H,25,27). The molecule has 0 aliphatic rings. The van der Waals surface area contributed by atoms with E-state index in [1.165, 1.54) is 10.6 Å². The first-order valence-corrected chi connectivity index (χ1v) is 8.69. The Kier molecular flexibility index (Phi) is 5.15. The van der Waals surface area contributed by atoms with Gasteiger partial charge in [-0.25, -0.2) is 4.98 Å². The molecule has 0 aliphatic heterocycles. The van der Waals surface area contributed by atoms with Gasteiger partial charge in [-0.2, -0.15) is 13.2 Å². The SMILES string of the molecule is CCc1cccc(C)c1NC(=O)Cc1cn2cc(C(F)(F)F)cc(Cl)c2n1. The average Bonchev–Trinajstić information content (AvgIpc) is 2.98. The highest BCUT2D eigenvalue weighted by atomic mass is 35.5. The molecule has 2 heterocycles. The molecule has 4 nitrogen and oxygen atoms in total. The number of anilines is 1. The topological polar surface area (TPSA) is 46.4 Å². The third kappa shape index (κ3) is 4.08. The average molecular weight is 396 g/mol. The molecule has 0 atom stereocenters. The zero-order valence-corrected chi connectivity index (χ0v) is 15.4. The van der Waals surface area contributed by atoms with Crippen LogP contribution in [0.15, 0.2) is 36.7 Å². The van der Waals surface area contributed by atoms with E-state index in [9.17, 15) is 18.0 Å². The van der Waals surface area contributed by atoms with Crippen LogP contribution in [0.5, 0.6) is 0 Å². The van der Waals surface area contributed by atoms with Crippen LogP contribution in [0.25, 0.3) is 5.65 Å². The van der Waals surface area contributed by atoms with Crippen LogP contribution in [0.2, 0.25) is 5.02 Å². The lowest BCUT2D eigenvalue weighted by molar-refractivity contribution is -0.137. The number of carbonyl (C=O) groups excluding carboxylic acids is 1. The van der Waals surface area contributed by atoms with Gasteiger partial charge in [0, 0.05) is 18.1 Å². The molecule has 8 heteroatoms. The number of aryl methyl sites for hydroxylation is 2. The second kappa shape index (κ2) is 7.23. The summed E-state index contributed by atoms with van der Waals surface area (Å²) < 4.78 is 39.9. The van der Waals surface area contributed by atoms with Gasteiger partial charge < -0.3 is 9.72 Å². The third-order valence-electron chi connectivity index (χ3n) is 4.23. The van der Waals surface area contributed by atoms with Crippen molar-refractivity contribution < 1.29 is 18.0 Å². The summed E-state index contributed by atoms with van der Waals surface area (Å²) >= 11 is 5.92. The Hall–Kier alpha value is -2.54. The maximum atomic E-state index is 12.9. The lowest BCUT2D eigenvalue weighted by Gasteiger charge is -2.12. The number of nitrogens with one attached hydrogen (secondary N) is 1. The Morgan fingerprint density at radius 1 is 1.30 bits per heavy atom. The number of benzene rings is 1. The van der Waals surface area contributed by atoms with Crippen molar-refractivity contribution >= 4 is 28.8 Å². The molecule has 142 valence electrons. The predicted octanol–water partition coefficient (Wildman–Crippen LogP) is 5.06. The van der Waals surface area contributed by atoms with Crippen molar-refractivity contribution in [2.45, 2.75) is 32.9 Å². The summed E-state index contributed by atoms with van der Waals surface area (Å²) in [5.74, 6) is -0.297. The van der Waals surface area contributed by atoms with E-state index < -0.39 is 11.7 Å². The highest BCUT2D eigenvalue weighted by molar-refractivity contribution is 6.33. The number of imidazole rings is 1. The molecular weight excluding hydrogens is 379 g/mol. The highest BCUT2D eigenvalue weighted by Crippen LogP contribution is 2.32. The van der Waals surface area contributed by atoms with Gasteiger partial charge in [-0.05, 0) is 30.5 Å². The first kappa shape index (κ1) is 19.2. The van der Waals surface area contributed by atoms with Gasteiger partial charge in [0.05, 0.1) is 22.7 Å². The number of nitrogens with zero attached hydrogens (tertiary/aromatic N) is 2. The number of hydrogen-bond donors (Lipinski definition) is 1. The van der Waals surface area contributed by atoms with Crippen molar-refractivity contribution in [1.82, 2.24) is 9.38 Å². The Labute approximate surface area is 159 Å². The predicted molar refractivity (Wildman–Crippen MR) is 98.1 cm³/mol. The monoisotopic (exact) mass is 395 g/mol. The summed E-state index contributed by atoms with van der Waals surface area (Å²) in [5, 5.41) is 2.75. The van der Waals surface area contributed by atoms with E-state index >= 15 is 0 Å². The van der Waals surface area contributed by atoms with E-state index in [0.717, 1.165) is 35.5 Å². The number of amides is 1. The van der Waals surface area contributed by atoms with Gasteiger partial charge in [0.25, 0.3) is 0 Å². The van der Waals surface area contributed by atoms with Crippen molar-refractivity contribution in [3.63, 3.8) is 0 Å². The molecule has 1 aromatic carbocycles. The van der Waals surface area contributed by atoms with Gasteiger partial charge in [0.1, 0.15) is 0 Å². The number of fused-ring (bicyclic) bond motifs is 1. The molecule has 0 fully saturated rings. The molecule has 27 heavy (non-hydrogen) atoms. The number of halogens is 4. The van der Waals surface area contributed by atoms with Gasteiger partial charge in [0.2, 0.25) is 5.91 Å². The van der Waals surface area contributed by atoms with Crippen molar-refractivity contribution in [3.05, 3.63) is 64.1 Å². The maximum Gasteiger partial charge on any atom is 0.417 e. The zero-order chi connectivity index (χ0) is 19.8. The van der Waals surface area contributed by atoms with Crippen LogP contribution < -0.4 is 5.32 Å². The van der Waals surface area contributed by atoms with Crippen LogP contribution in [-0.4, -0.2) is 15.3 Å². The van der Waals surface area contributed by atoms with Gasteiger partial charge >= 0.3 is 6.18 Å². The lowest BCUT2D eigenvalue weighted by Crippen LogP contribution is -2.16. The van der Waals surface area contributed by atoms with Crippen LogP contribution >= 0.6 is 11.6 Å². The molecule has 3 aromatic rings. The van der Waals surface area contributed by atoms with Gasteiger partial charge in [-0.1, -0.05) is 36.7 Å². The number of rotatable bonds is 4. The molecular formula is C19H17ClF3N3O. The second-order valence-corrected chi connectivity index (χ2v) is 6.63. The summed E-state index contributed by atoms with van der Waals surface area (Å²) in [6, 6.07) is 6.59. The number of para-hydroxylation sites is 1. The van der Waals surface area contributed by atoms with Crippen molar-refractivity contribution in [1.29, 1.82) is 0 Å². The van der Waals surface area contributed by atoms with E-state index in [1.54, 1.807) is 0 Å². The third-order valence-corrected chi connectivity index (χ3v) is 4.51. The molecule has 3 rings (SSSR count). The summed E-state index contributed by atoms with van der Waals surface area (Å²) in [7, 11) is 0. The molecule has 0 spiro atoms. The Morgan fingerprint density at radius 2 is 2.04 bits per heavy atom. The van der Waals surface area contributed by atoms with Crippen LogP contribution in [0.4, 0.5) is 18.9 Å². The first-order chi connectivity index (χ1) is 12.7. The minimum absolute atomic E-state index is 0.0726. The molecule has 1 amide bonds. The van der Waals surface area contributed by atoms with E-state index in [-0.39, 0.29) is 23.0 Å². The molecule has 0 saturated heterocycles. The molecule has 1 N–H and O–H groups in total. The minimum atomic E-state index is -4.51. The Morgan fingerprint density at radius 3 is 2.70 bits per heavy atom. The fourth-order valence-corrected chi connectivity index (χ4v) is 3.16. The Balaban J connectivity index is 1.85. The number of pyridine rings is 1. The lowest BCUT2D eigenvalue weighted by atomic mass is 10.1. The fraction of sp³-hybridized carbons (Fsp3) is 0.263. The molecule has 0 unspecified atom stereocenters. The number of aromatic nitrogens is 2. The van der Waals surface area contributed by atoms with Crippen LogP contribution in [0.1, 0.15) is 29.3 Å². The smallest absolute Gasteiger partial charge is 0.325 e. The number of alkyl halides is 3. The molecule has 0 aliphatic carbocycles. The highest BCUT2D eigenvalue weighted by Gasteiger charge is 2.32. The van der Waals surface area contributed by atoms with Gasteiger partial charge in [-0.3, -0.25) is 4.79 Å². The van der Waals surface area contributed by atoms with Crippen molar-refractivity contribution in [2.75, 3.05) is 5.32 Å². The molecule has 2 aromatic heterocycles. The Bertz CT molecular complexity index is 1010. The molecule has 0 bridgehead atoms. The van der Waals surface area contributed by atoms with E-state index in [0.29, 0.717) is 5.69 Å². The van der Waals surface area contributed by atoms with Crippen LogP contribution in [0, 0.1) is 6.92 Å². The summed E-state index contributed by atoms with van der Waals surface area (Å²) in [5.41, 5.74) is 2.34. The second-order valence-electron chi connectivity index (χ2n) is 6.23. The zero-order valence-electron chi connectivity index (χ0n) is 14.7. The van der Waals surface area contributed by atoms with Crippen molar-refractivity contribution in [2.24, 2.45) is 0 Å². The normalized spacial score (nSPS) is 11.8. The first-order valence-electron chi connectivity index (χ1n) is 8.31. The largest absolute Gasteiger partial charge is 0.417 e. The minimum Gasteiger partial charge on any atom is -0.325 e. The molecule has 0 radical (unpaired) electrons. The van der Waals surface area contributed by atoms with Crippen molar-refractivity contribution in [3.8, 4) is 0 Å². The number of carbonyl (C=O) groups is 1. The summed E-state index contributed by atoms with van der Waals surface area (Å²) in [4.78, 5) is 16.6. The maximum absolute atomic E-state index is 12.9. The molecule has 0 saturated carbocycles. The quantitative estimate of drug-likeness (QED) is 0.671. The summed E-state index contributed by atoms with van der Waals surface area (Å²) in [6.45, 7) is 3.89. The van der Waals surface area contributed by atoms with E-state index in [4.69, 9.17) is 11.6 Å². The van der Waals surface area contributed by atoms with E-state index in [2.05, 4.69) is 10.3 Å². The van der Waals surface area contributed by atoms with Crippen LogP contribution in [-0.2, 0) is 23.8 Å².